The van der Waals surface area contributed by atoms with Gasteiger partial charge < -0.3 is 4.74 Å². The molecule has 7 nitrogen and oxygen atoms in total. The van der Waals surface area contributed by atoms with Crippen molar-refractivity contribution in [2.75, 3.05) is 0 Å². The number of hydrazine groups is 1. The van der Waals surface area contributed by atoms with E-state index in [0.29, 0.717) is 16.1 Å². The van der Waals surface area contributed by atoms with Crippen LogP contribution in [0.1, 0.15) is 15.9 Å². The number of nitrogens with one attached hydrogen (secondary N) is 1. The smallest absolute Gasteiger partial charge is 0.285 e. The summed E-state index contributed by atoms with van der Waals surface area (Å²) in [5.41, 5.74) is 3.39. The molecule has 0 spiro atoms. The van der Waals surface area contributed by atoms with E-state index in [1.807, 2.05) is 0 Å². The van der Waals surface area contributed by atoms with Crippen LogP contribution in [0.4, 0.5) is 4.39 Å². The molecule has 0 saturated carbocycles. The lowest BCUT2D eigenvalue weighted by Crippen LogP contribution is -2.44. The third-order valence-electron chi connectivity index (χ3n) is 4.17. The average Bonchev–Trinajstić information content (AvgIpc) is 3.04. The first-order chi connectivity index (χ1) is 15.8. The zero-order valence-electron chi connectivity index (χ0n) is 16.3. The second-order valence-electron chi connectivity index (χ2n) is 6.43. The minimum atomic E-state index is -0.776. The predicted molar refractivity (Wildman–Crippen MR) is 127 cm³/mol. The summed E-state index contributed by atoms with van der Waals surface area (Å²) < 4.78 is 19.4. The molecule has 1 aromatic heterocycles. The molecule has 4 rings (SSSR count). The van der Waals surface area contributed by atoms with Crippen LogP contribution in [0.15, 0.2) is 59.6 Å². The fourth-order valence-electron chi connectivity index (χ4n) is 2.67. The van der Waals surface area contributed by atoms with Crippen molar-refractivity contribution in [1.29, 1.82) is 0 Å². The van der Waals surface area contributed by atoms with Crippen molar-refractivity contribution < 1.29 is 18.7 Å². The molecule has 2 amide bonds. The maximum atomic E-state index is 13.8. The van der Waals surface area contributed by atoms with E-state index in [0.717, 1.165) is 23.0 Å². The van der Waals surface area contributed by atoms with E-state index in [4.69, 9.17) is 40.2 Å². The van der Waals surface area contributed by atoms with Gasteiger partial charge in [0.05, 0.1) is 11.1 Å². The third-order valence-corrected chi connectivity index (χ3v) is 5.90. The lowest BCUT2D eigenvalue weighted by atomic mass is 10.2. The predicted octanol–water partition coefficient (Wildman–Crippen LogP) is 5.26. The van der Waals surface area contributed by atoms with Crippen molar-refractivity contribution in [1.82, 2.24) is 20.4 Å². The maximum absolute atomic E-state index is 13.8. The van der Waals surface area contributed by atoms with Crippen LogP contribution in [-0.4, -0.2) is 31.1 Å². The largest absolute Gasteiger partial charge is 0.436 e. The van der Waals surface area contributed by atoms with Gasteiger partial charge in [-0.05, 0) is 71.9 Å². The Bertz CT molecular complexity index is 1300. The summed E-state index contributed by atoms with van der Waals surface area (Å²) in [6.07, 6.45) is 2.47. The van der Waals surface area contributed by atoms with Crippen molar-refractivity contribution in [3.05, 3.63) is 86.9 Å². The van der Waals surface area contributed by atoms with E-state index in [9.17, 15) is 14.0 Å². The minimum absolute atomic E-state index is 0.160. The van der Waals surface area contributed by atoms with Crippen molar-refractivity contribution in [3.8, 4) is 11.6 Å². The van der Waals surface area contributed by atoms with Crippen LogP contribution in [0.3, 0.4) is 0 Å². The van der Waals surface area contributed by atoms with Crippen LogP contribution in [0.5, 0.6) is 11.6 Å². The SMILES string of the molecule is O=C(NN1C(=O)/C(=C\c2cccc(Oc3nc(Cl)ncc3F)c2)SC1=S)c1ccc(Cl)cc1. The molecule has 0 atom stereocenters. The van der Waals surface area contributed by atoms with E-state index >= 15 is 0 Å². The first kappa shape index (κ1) is 23.1. The Balaban J connectivity index is 1.50. The number of benzene rings is 2. The van der Waals surface area contributed by atoms with Gasteiger partial charge in [0, 0.05) is 10.6 Å². The van der Waals surface area contributed by atoms with Gasteiger partial charge in [-0.2, -0.15) is 14.4 Å². The number of thiocarbonyl (C=S) groups is 1. The minimum Gasteiger partial charge on any atom is -0.436 e. The molecule has 1 saturated heterocycles. The molecule has 33 heavy (non-hydrogen) atoms. The van der Waals surface area contributed by atoms with Gasteiger partial charge in [-0.3, -0.25) is 15.0 Å². The summed E-state index contributed by atoms with van der Waals surface area (Å²) in [5.74, 6) is -1.84. The number of aromatic nitrogens is 2. The number of halogens is 3. The highest BCUT2D eigenvalue weighted by atomic mass is 35.5. The fourth-order valence-corrected chi connectivity index (χ4v) is 4.10. The summed E-state index contributed by atoms with van der Waals surface area (Å²) in [6, 6.07) is 12.7. The summed E-state index contributed by atoms with van der Waals surface area (Å²) in [4.78, 5) is 32.7. The summed E-state index contributed by atoms with van der Waals surface area (Å²) >= 11 is 17.8. The monoisotopic (exact) mass is 520 g/mol. The molecule has 3 aromatic rings. The molecule has 2 aromatic carbocycles. The van der Waals surface area contributed by atoms with Crippen LogP contribution in [0.25, 0.3) is 6.08 Å². The zero-order valence-corrected chi connectivity index (χ0v) is 19.4. The second-order valence-corrected chi connectivity index (χ2v) is 8.88. The van der Waals surface area contributed by atoms with Crippen molar-refractivity contribution in [2.24, 2.45) is 0 Å². The van der Waals surface area contributed by atoms with Gasteiger partial charge >= 0.3 is 0 Å². The van der Waals surface area contributed by atoms with E-state index in [-0.39, 0.29) is 26.1 Å². The van der Waals surface area contributed by atoms with E-state index in [1.54, 1.807) is 42.5 Å². The molecule has 2 heterocycles. The van der Waals surface area contributed by atoms with E-state index in [1.165, 1.54) is 12.1 Å². The van der Waals surface area contributed by atoms with Crippen LogP contribution in [0.2, 0.25) is 10.3 Å². The Morgan fingerprint density at radius 1 is 1.21 bits per heavy atom. The van der Waals surface area contributed by atoms with Crippen LogP contribution in [-0.2, 0) is 4.79 Å². The van der Waals surface area contributed by atoms with E-state index < -0.39 is 17.6 Å². The fraction of sp³-hybridized carbons (Fsp3) is 0. The Morgan fingerprint density at radius 2 is 1.97 bits per heavy atom. The van der Waals surface area contributed by atoms with Gasteiger partial charge in [0.1, 0.15) is 5.75 Å². The van der Waals surface area contributed by atoms with Gasteiger partial charge in [0.25, 0.3) is 17.7 Å². The highest BCUT2D eigenvalue weighted by Gasteiger charge is 2.33. The molecular formula is C21H11Cl2FN4O3S2. The highest BCUT2D eigenvalue weighted by molar-refractivity contribution is 8.26. The lowest BCUT2D eigenvalue weighted by Gasteiger charge is -2.15. The molecule has 1 fully saturated rings. The van der Waals surface area contributed by atoms with Crippen LogP contribution >= 0.6 is 47.2 Å². The Hall–Kier alpha value is -3.05. The van der Waals surface area contributed by atoms with E-state index in [2.05, 4.69) is 15.4 Å². The van der Waals surface area contributed by atoms with Crippen molar-refractivity contribution in [3.63, 3.8) is 0 Å². The first-order valence-corrected chi connectivity index (χ1v) is 11.1. The Labute approximate surface area is 206 Å². The summed E-state index contributed by atoms with van der Waals surface area (Å²) in [7, 11) is 0. The number of nitrogens with zero attached hydrogens (tertiary/aromatic N) is 3. The van der Waals surface area contributed by atoms with Gasteiger partial charge in [0.2, 0.25) is 11.1 Å². The number of hydrogen-bond acceptors (Lipinski definition) is 7. The quantitative estimate of drug-likeness (QED) is 0.279. The van der Waals surface area contributed by atoms with Crippen molar-refractivity contribution >= 4 is 69.4 Å². The summed E-state index contributed by atoms with van der Waals surface area (Å²) in [6.45, 7) is 0. The van der Waals surface area contributed by atoms with Crippen molar-refractivity contribution in [2.45, 2.75) is 0 Å². The molecule has 12 heteroatoms. The molecule has 0 radical (unpaired) electrons. The number of hydrogen-bond donors (Lipinski definition) is 1. The summed E-state index contributed by atoms with van der Waals surface area (Å²) in [5, 5.41) is 1.32. The first-order valence-electron chi connectivity index (χ1n) is 9.10. The lowest BCUT2D eigenvalue weighted by molar-refractivity contribution is -0.123. The standard InChI is InChI=1S/C21H11Cl2FN4O3S2/c22-13-6-4-12(5-7-13)17(29)27-28-19(30)16(33-21(28)32)9-11-2-1-3-14(8-11)31-18-15(24)10-25-20(23)26-18/h1-10H,(H,27,29)/b16-9+. The number of rotatable bonds is 5. The average molecular weight is 521 g/mol. The molecule has 166 valence electrons. The molecule has 0 unspecified atom stereocenters. The topological polar surface area (TPSA) is 84.4 Å². The van der Waals surface area contributed by atoms with Gasteiger partial charge in [-0.25, -0.2) is 4.98 Å². The third kappa shape index (κ3) is 5.48. The van der Waals surface area contributed by atoms with Crippen LogP contribution < -0.4 is 10.2 Å². The normalized spacial score (nSPS) is 14.6. The molecular weight excluding hydrogens is 510 g/mol. The molecule has 1 aliphatic heterocycles. The number of amides is 2. The maximum Gasteiger partial charge on any atom is 0.285 e. The molecule has 1 N–H and O–H groups in total. The van der Waals surface area contributed by atoms with Gasteiger partial charge in [-0.15, -0.1) is 0 Å². The zero-order chi connectivity index (χ0) is 23.5. The molecule has 0 aliphatic carbocycles. The van der Waals surface area contributed by atoms with Crippen LogP contribution in [0, 0.1) is 5.82 Å². The number of ether oxygens (including phenoxy) is 1. The molecule has 0 bridgehead atoms. The number of carbonyl (C=O) groups excluding carboxylic acids is 2. The number of thioether (sulfide) groups is 1. The number of carbonyl (C=O) groups is 2. The van der Waals surface area contributed by atoms with Gasteiger partial charge in [0.15, 0.2) is 4.32 Å². The highest BCUT2D eigenvalue weighted by Crippen LogP contribution is 2.32. The Morgan fingerprint density at radius 3 is 2.73 bits per heavy atom. The Kier molecular flexibility index (Phi) is 6.89. The molecule has 1 aliphatic rings. The van der Waals surface area contributed by atoms with Gasteiger partial charge in [-0.1, -0.05) is 35.5 Å². The second kappa shape index (κ2) is 9.84.